The highest BCUT2D eigenvalue weighted by Crippen LogP contribution is 2.33. The van der Waals surface area contributed by atoms with Crippen molar-refractivity contribution in [2.45, 2.75) is 6.04 Å². The van der Waals surface area contributed by atoms with Crippen LogP contribution in [0.25, 0.3) is 0 Å². The first kappa shape index (κ1) is 19.4. The number of hydrogen-bond acceptors (Lipinski definition) is 4. The van der Waals surface area contributed by atoms with Crippen LogP contribution in [0.1, 0.15) is 17.2 Å². The summed E-state index contributed by atoms with van der Waals surface area (Å²) >= 11 is 6.34. The molecule has 148 valence electrons. The van der Waals surface area contributed by atoms with Gasteiger partial charge in [-0.3, -0.25) is 15.0 Å². The molecule has 3 aromatic carbocycles. The normalized spacial score (nSPS) is 14.9. The van der Waals surface area contributed by atoms with E-state index in [1.165, 1.54) is 23.3 Å². The minimum absolute atomic E-state index is 0.0191. The molecule has 1 aliphatic heterocycles. The summed E-state index contributed by atoms with van der Waals surface area (Å²) in [7, 11) is 0. The fraction of sp³-hybridized carbons (Fsp3) is 0.217. The van der Waals surface area contributed by atoms with Gasteiger partial charge in [0.1, 0.15) is 0 Å². The molecule has 6 heteroatoms. The Kier molecular flexibility index (Phi) is 5.79. The van der Waals surface area contributed by atoms with E-state index in [0.717, 1.165) is 31.9 Å². The van der Waals surface area contributed by atoms with Crippen molar-refractivity contribution in [1.29, 1.82) is 0 Å². The van der Waals surface area contributed by atoms with Gasteiger partial charge < -0.3 is 4.90 Å². The van der Waals surface area contributed by atoms with E-state index >= 15 is 0 Å². The number of halogens is 1. The fourth-order valence-electron chi connectivity index (χ4n) is 3.97. The predicted molar refractivity (Wildman–Crippen MR) is 117 cm³/mol. The van der Waals surface area contributed by atoms with Crippen LogP contribution >= 0.6 is 11.6 Å². The molecule has 1 fully saturated rings. The van der Waals surface area contributed by atoms with Gasteiger partial charge in [-0.2, -0.15) is 0 Å². The zero-order chi connectivity index (χ0) is 20.2. The van der Waals surface area contributed by atoms with Gasteiger partial charge in [0.25, 0.3) is 5.69 Å². The maximum Gasteiger partial charge on any atom is 0.271 e. The fourth-order valence-corrected chi connectivity index (χ4v) is 4.27. The van der Waals surface area contributed by atoms with Gasteiger partial charge in [-0.15, -0.1) is 0 Å². The summed E-state index contributed by atoms with van der Waals surface area (Å²) in [6, 6.07) is 26.0. The second kappa shape index (κ2) is 8.64. The van der Waals surface area contributed by atoms with Gasteiger partial charge in [0.05, 0.1) is 21.7 Å². The molecule has 0 unspecified atom stereocenters. The van der Waals surface area contributed by atoms with E-state index in [2.05, 4.69) is 58.3 Å². The second-order valence-corrected chi connectivity index (χ2v) is 7.55. The zero-order valence-corrected chi connectivity index (χ0v) is 16.7. The van der Waals surface area contributed by atoms with Crippen LogP contribution in [0.3, 0.4) is 0 Å². The van der Waals surface area contributed by atoms with Gasteiger partial charge in [0, 0.05) is 38.3 Å². The monoisotopic (exact) mass is 407 g/mol. The highest BCUT2D eigenvalue weighted by atomic mass is 35.5. The van der Waals surface area contributed by atoms with Crippen LogP contribution in [0.4, 0.5) is 11.4 Å². The Morgan fingerprint density at radius 3 is 1.86 bits per heavy atom. The van der Waals surface area contributed by atoms with Crippen molar-refractivity contribution in [3.63, 3.8) is 0 Å². The first-order chi connectivity index (χ1) is 14.1. The van der Waals surface area contributed by atoms with Gasteiger partial charge >= 0.3 is 0 Å². The number of nitro groups is 1. The van der Waals surface area contributed by atoms with Crippen molar-refractivity contribution in [3.05, 3.63) is 105 Å². The van der Waals surface area contributed by atoms with Gasteiger partial charge in [-0.25, -0.2) is 0 Å². The molecule has 0 atom stereocenters. The van der Waals surface area contributed by atoms with Crippen LogP contribution < -0.4 is 4.90 Å². The maximum absolute atomic E-state index is 11.0. The third kappa shape index (κ3) is 4.26. The summed E-state index contributed by atoms with van der Waals surface area (Å²) < 4.78 is 0. The Hall–Kier alpha value is -2.89. The van der Waals surface area contributed by atoms with E-state index in [1.807, 2.05) is 12.1 Å². The van der Waals surface area contributed by atoms with Gasteiger partial charge in [-0.1, -0.05) is 72.3 Å². The van der Waals surface area contributed by atoms with E-state index in [9.17, 15) is 10.1 Å². The van der Waals surface area contributed by atoms with E-state index in [1.54, 1.807) is 6.07 Å². The van der Waals surface area contributed by atoms with Crippen molar-refractivity contribution in [2.24, 2.45) is 0 Å². The van der Waals surface area contributed by atoms with Gasteiger partial charge in [0.15, 0.2) is 0 Å². The lowest BCUT2D eigenvalue weighted by Crippen LogP contribution is -2.48. The number of rotatable bonds is 5. The molecule has 1 saturated heterocycles. The lowest BCUT2D eigenvalue weighted by Gasteiger charge is -2.41. The number of nitro benzene ring substituents is 1. The molecule has 29 heavy (non-hydrogen) atoms. The number of benzene rings is 3. The third-order valence-electron chi connectivity index (χ3n) is 5.39. The maximum atomic E-state index is 11.0. The minimum atomic E-state index is -0.419. The van der Waals surface area contributed by atoms with E-state index in [0.29, 0.717) is 5.02 Å². The Morgan fingerprint density at radius 2 is 1.38 bits per heavy atom. The van der Waals surface area contributed by atoms with Crippen LogP contribution in [0.2, 0.25) is 5.02 Å². The Morgan fingerprint density at radius 1 is 0.828 bits per heavy atom. The van der Waals surface area contributed by atoms with Crippen LogP contribution in [-0.4, -0.2) is 36.0 Å². The molecule has 4 rings (SSSR count). The minimum Gasteiger partial charge on any atom is -0.368 e. The van der Waals surface area contributed by atoms with Crippen LogP contribution in [-0.2, 0) is 0 Å². The second-order valence-electron chi connectivity index (χ2n) is 7.14. The van der Waals surface area contributed by atoms with Crippen LogP contribution in [0, 0.1) is 10.1 Å². The molecule has 1 heterocycles. The highest BCUT2D eigenvalue weighted by molar-refractivity contribution is 6.33. The number of piperazine rings is 1. The van der Waals surface area contributed by atoms with Crippen LogP contribution in [0.15, 0.2) is 78.9 Å². The lowest BCUT2D eigenvalue weighted by atomic mass is 9.96. The Bertz CT molecular complexity index is 934. The number of hydrogen-bond donors (Lipinski definition) is 0. The average molecular weight is 408 g/mol. The summed E-state index contributed by atoms with van der Waals surface area (Å²) in [6.45, 7) is 3.38. The molecule has 0 aromatic heterocycles. The SMILES string of the molecule is O=[N+]([O-])c1ccc(N2CCN(C(c3ccccc3)c3ccccc3)CC2)c(Cl)c1. The van der Waals surface area contributed by atoms with Crippen molar-refractivity contribution >= 4 is 23.0 Å². The smallest absolute Gasteiger partial charge is 0.271 e. The molecular weight excluding hydrogens is 386 g/mol. The molecule has 0 saturated carbocycles. The number of nitrogens with zero attached hydrogens (tertiary/aromatic N) is 3. The predicted octanol–water partition coefficient (Wildman–Crippen LogP) is 5.16. The molecule has 0 bridgehead atoms. The Labute approximate surface area is 175 Å². The summed E-state index contributed by atoms with van der Waals surface area (Å²) in [6.07, 6.45) is 0. The van der Waals surface area contributed by atoms with Crippen molar-refractivity contribution in [2.75, 3.05) is 31.1 Å². The summed E-state index contributed by atoms with van der Waals surface area (Å²) in [5.74, 6) is 0. The molecule has 5 nitrogen and oxygen atoms in total. The first-order valence-electron chi connectivity index (χ1n) is 9.66. The molecular formula is C23H22ClN3O2. The van der Waals surface area contributed by atoms with Crippen molar-refractivity contribution in [3.8, 4) is 0 Å². The van der Waals surface area contributed by atoms with Gasteiger partial charge in [0.2, 0.25) is 0 Å². The average Bonchev–Trinajstić information content (AvgIpc) is 2.76. The van der Waals surface area contributed by atoms with Crippen molar-refractivity contribution in [1.82, 2.24) is 4.90 Å². The summed E-state index contributed by atoms with van der Waals surface area (Å²) in [4.78, 5) is 15.2. The van der Waals surface area contributed by atoms with Crippen molar-refractivity contribution < 1.29 is 4.92 Å². The Balaban J connectivity index is 1.54. The van der Waals surface area contributed by atoms with Gasteiger partial charge in [-0.05, 0) is 17.2 Å². The lowest BCUT2D eigenvalue weighted by molar-refractivity contribution is -0.384. The van der Waals surface area contributed by atoms with E-state index in [4.69, 9.17) is 11.6 Å². The topological polar surface area (TPSA) is 49.6 Å². The first-order valence-corrected chi connectivity index (χ1v) is 10.0. The number of anilines is 1. The molecule has 3 aromatic rings. The summed E-state index contributed by atoms with van der Waals surface area (Å²) in [5, 5.41) is 11.4. The standard InChI is InChI=1S/C23H22ClN3O2/c24-21-17-20(27(28)29)11-12-22(21)25-13-15-26(16-14-25)23(18-7-3-1-4-8-18)19-9-5-2-6-10-19/h1-12,17,23H,13-16H2. The van der Waals surface area contributed by atoms with E-state index in [-0.39, 0.29) is 11.7 Å². The third-order valence-corrected chi connectivity index (χ3v) is 5.70. The largest absolute Gasteiger partial charge is 0.368 e. The molecule has 0 radical (unpaired) electrons. The molecule has 0 N–H and O–H groups in total. The van der Waals surface area contributed by atoms with Crippen LogP contribution in [0.5, 0.6) is 0 Å². The quantitative estimate of drug-likeness (QED) is 0.433. The molecule has 0 aliphatic carbocycles. The zero-order valence-electron chi connectivity index (χ0n) is 15.9. The molecule has 0 amide bonds. The molecule has 1 aliphatic rings. The molecule has 0 spiro atoms. The summed E-state index contributed by atoms with van der Waals surface area (Å²) in [5.41, 5.74) is 3.43. The van der Waals surface area contributed by atoms with E-state index < -0.39 is 4.92 Å². The number of non-ortho nitro benzene ring substituents is 1. The highest BCUT2D eigenvalue weighted by Gasteiger charge is 2.27.